The van der Waals surface area contributed by atoms with Gasteiger partial charge in [-0.25, -0.2) is 8.42 Å². The van der Waals surface area contributed by atoms with Gasteiger partial charge >= 0.3 is 0 Å². The van der Waals surface area contributed by atoms with Crippen molar-refractivity contribution in [3.05, 3.63) is 83.4 Å². The molecule has 9 nitrogen and oxygen atoms in total. The molecule has 1 N–H and O–H groups in total. The maximum atomic E-state index is 14.3. The van der Waals surface area contributed by atoms with Crippen molar-refractivity contribution in [1.82, 2.24) is 10.2 Å². The molecule has 0 aromatic heterocycles. The number of ether oxygens (including phenoxy) is 2. The molecule has 0 radical (unpaired) electrons. The van der Waals surface area contributed by atoms with E-state index in [2.05, 4.69) is 5.32 Å². The van der Waals surface area contributed by atoms with Crippen LogP contribution in [0.5, 0.6) is 11.5 Å². The maximum absolute atomic E-state index is 14.3. The van der Waals surface area contributed by atoms with Crippen molar-refractivity contribution in [3.8, 4) is 11.5 Å². The van der Waals surface area contributed by atoms with Crippen molar-refractivity contribution in [2.75, 3.05) is 25.1 Å². The van der Waals surface area contributed by atoms with Gasteiger partial charge < -0.3 is 19.7 Å². The van der Waals surface area contributed by atoms with Crippen LogP contribution >= 0.6 is 11.6 Å². The van der Waals surface area contributed by atoms with Crippen LogP contribution in [-0.2, 0) is 26.2 Å². The first-order valence-corrected chi connectivity index (χ1v) is 16.1. The normalized spacial score (nSPS) is 14.1. The number of rotatable bonds is 13. The van der Waals surface area contributed by atoms with E-state index >= 15 is 0 Å². The molecule has 1 aliphatic rings. The third kappa shape index (κ3) is 7.80. The van der Waals surface area contributed by atoms with E-state index in [1.54, 1.807) is 55.6 Å². The standard InChI is InChI=1S/C32H38ClN3O6S/c1-4-28(32(38)34-25-12-8-9-13-25)35(21-23-11-10-14-26(19-23)41-2)31(37)22-36(29-20-24(33)17-18-30(29)42-3)43(39,40)27-15-6-5-7-16-27/h5-7,10-11,14-20,25,28H,4,8-9,12-13,21-22H2,1-3H3,(H,34,38). The van der Waals surface area contributed by atoms with Crippen LogP contribution in [0.3, 0.4) is 0 Å². The van der Waals surface area contributed by atoms with Crippen LogP contribution in [0, 0.1) is 0 Å². The van der Waals surface area contributed by atoms with E-state index in [1.807, 2.05) is 13.0 Å². The molecule has 2 amide bonds. The summed E-state index contributed by atoms with van der Waals surface area (Å²) in [4.78, 5) is 29.4. The Hall–Kier alpha value is -3.76. The van der Waals surface area contributed by atoms with Crippen LogP contribution in [0.25, 0.3) is 0 Å². The first-order valence-electron chi connectivity index (χ1n) is 14.3. The van der Waals surface area contributed by atoms with E-state index in [1.165, 1.54) is 30.2 Å². The number of carbonyl (C=O) groups is 2. The lowest BCUT2D eigenvalue weighted by Gasteiger charge is -2.34. The average molecular weight is 628 g/mol. The summed E-state index contributed by atoms with van der Waals surface area (Å²) in [5.74, 6) is 0.00796. The van der Waals surface area contributed by atoms with Gasteiger partial charge in [0.1, 0.15) is 24.1 Å². The van der Waals surface area contributed by atoms with Crippen molar-refractivity contribution in [2.45, 2.75) is 62.6 Å². The molecular weight excluding hydrogens is 590 g/mol. The Balaban J connectivity index is 1.76. The molecule has 1 fully saturated rings. The van der Waals surface area contributed by atoms with Gasteiger partial charge in [-0.3, -0.25) is 13.9 Å². The molecule has 1 atom stereocenters. The molecule has 3 aromatic rings. The summed E-state index contributed by atoms with van der Waals surface area (Å²) in [7, 11) is -1.29. The second-order valence-electron chi connectivity index (χ2n) is 10.4. The number of amides is 2. The summed E-state index contributed by atoms with van der Waals surface area (Å²) >= 11 is 6.31. The molecule has 0 saturated heterocycles. The third-order valence-corrected chi connectivity index (χ3v) is 9.60. The van der Waals surface area contributed by atoms with E-state index in [4.69, 9.17) is 21.1 Å². The monoisotopic (exact) mass is 627 g/mol. The van der Waals surface area contributed by atoms with Gasteiger partial charge in [0.2, 0.25) is 11.8 Å². The number of nitrogens with zero attached hydrogens (tertiary/aromatic N) is 2. The second kappa shape index (κ2) is 14.6. The van der Waals surface area contributed by atoms with Crippen LogP contribution in [0.4, 0.5) is 5.69 Å². The van der Waals surface area contributed by atoms with Gasteiger partial charge in [-0.1, -0.05) is 61.7 Å². The molecule has 4 rings (SSSR count). The Labute approximate surface area is 258 Å². The van der Waals surface area contributed by atoms with Gasteiger partial charge in [0.05, 0.1) is 24.8 Å². The maximum Gasteiger partial charge on any atom is 0.264 e. The van der Waals surface area contributed by atoms with Crippen molar-refractivity contribution < 1.29 is 27.5 Å². The Morgan fingerprint density at radius 3 is 2.35 bits per heavy atom. The number of carbonyl (C=O) groups excluding carboxylic acids is 2. The van der Waals surface area contributed by atoms with E-state index in [0.29, 0.717) is 12.2 Å². The minimum absolute atomic E-state index is 0.00445. The molecule has 1 aliphatic carbocycles. The number of hydrogen-bond donors (Lipinski definition) is 1. The van der Waals surface area contributed by atoms with E-state index < -0.39 is 28.5 Å². The van der Waals surface area contributed by atoms with Crippen LogP contribution in [-0.4, -0.2) is 58.0 Å². The molecule has 1 saturated carbocycles. The highest BCUT2D eigenvalue weighted by molar-refractivity contribution is 7.92. The first-order chi connectivity index (χ1) is 20.7. The molecular formula is C32H38ClN3O6S. The number of methoxy groups -OCH3 is 2. The summed E-state index contributed by atoms with van der Waals surface area (Å²) in [6.45, 7) is 1.31. The van der Waals surface area contributed by atoms with Crippen molar-refractivity contribution >= 4 is 39.1 Å². The Morgan fingerprint density at radius 1 is 0.977 bits per heavy atom. The van der Waals surface area contributed by atoms with E-state index in [0.717, 1.165) is 35.6 Å². The lowest BCUT2D eigenvalue weighted by Crippen LogP contribution is -2.53. The highest BCUT2D eigenvalue weighted by atomic mass is 35.5. The van der Waals surface area contributed by atoms with Crippen LogP contribution < -0.4 is 19.1 Å². The van der Waals surface area contributed by atoms with Crippen LogP contribution in [0.15, 0.2) is 77.7 Å². The van der Waals surface area contributed by atoms with Crippen molar-refractivity contribution in [1.29, 1.82) is 0 Å². The molecule has 1 unspecified atom stereocenters. The quantitative estimate of drug-likeness (QED) is 0.271. The zero-order valence-corrected chi connectivity index (χ0v) is 26.2. The van der Waals surface area contributed by atoms with Crippen LogP contribution in [0.2, 0.25) is 5.02 Å². The number of sulfonamides is 1. The average Bonchev–Trinajstić information content (AvgIpc) is 3.53. The molecule has 11 heteroatoms. The van der Waals surface area contributed by atoms with Gasteiger partial charge in [-0.05, 0) is 67.3 Å². The van der Waals surface area contributed by atoms with Gasteiger partial charge in [-0.15, -0.1) is 0 Å². The topological polar surface area (TPSA) is 105 Å². The van der Waals surface area contributed by atoms with Gasteiger partial charge in [0.25, 0.3) is 10.0 Å². The molecule has 0 aliphatic heterocycles. The summed E-state index contributed by atoms with van der Waals surface area (Å²) in [6, 6.07) is 18.9. The zero-order chi connectivity index (χ0) is 31.0. The van der Waals surface area contributed by atoms with Crippen LogP contribution in [0.1, 0.15) is 44.6 Å². The van der Waals surface area contributed by atoms with E-state index in [-0.39, 0.29) is 39.8 Å². The minimum atomic E-state index is -4.26. The molecule has 0 spiro atoms. The smallest absolute Gasteiger partial charge is 0.264 e. The fraction of sp³-hybridized carbons (Fsp3) is 0.375. The van der Waals surface area contributed by atoms with Gasteiger partial charge in [0, 0.05) is 17.6 Å². The third-order valence-electron chi connectivity index (χ3n) is 7.59. The lowest BCUT2D eigenvalue weighted by atomic mass is 10.1. The predicted molar refractivity (Wildman–Crippen MR) is 167 cm³/mol. The Morgan fingerprint density at radius 2 is 1.70 bits per heavy atom. The fourth-order valence-corrected chi connectivity index (χ4v) is 6.95. The molecule has 0 heterocycles. The van der Waals surface area contributed by atoms with Crippen molar-refractivity contribution in [2.24, 2.45) is 0 Å². The van der Waals surface area contributed by atoms with Gasteiger partial charge in [0.15, 0.2) is 0 Å². The minimum Gasteiger partial charge on any atom is -0.497 e. The SMILES string of the molecule is CCC(C(=O)NC1CCCC1)N(Cc1cccc(OC)c1)C(=O)CN(c1cc(Cl)ccc1OC)S(=O)(=O)c1ccccc1. The largest absolute Gasteiger partial charge is 0.497 e. The lowest BCUT2D eigenvalue weighted by molar-refractivity contribution is -0.140. The molecule has 230 valence electrons. The highest BCUT2D eigenvalue weighted by Gasteiger charge is 2.35. The molecule has 3 aromatic carbocycles. The van der Waals surface area contributed by atoms with E-state index in [9.17, 15) is 18.0 Å². The van der Waals surface area contributed by atoms with Gasteiger partial charge in [-0.2, -0.15) is 0 Å². The highest BCUT2D eigenvalue weighted by Crippen LogP contribution is 2.35. The fourth-order valence-electron chi connectivity index (χ4n) is 5.35. The Bertz CT molecular complexity index is 1510. The number of hydrogen-bond acceptors (Lipinski definition) is 6. The number of nitrogens with one attached hydrogen (secondary N) is 1. The second-order valence-corrected chi connectivity index (χ2v) is 12.7. The predicted octanol–water partition coefficient (Wildman–Crippen LogP) is 5.42. The zero-order valence-electron chi connectivity index (χ0n) is 24.7. The van der Waals surface area contributed by atoms with Crippen molar-refractivity contribution in [3.63, 3.8) is 0 Å². The summed E-state index contributed by atoms with van der Waals surface area (Å²) < 4.78 is 40.0. The number of benzene rings is 3. The number of halogens is 1. The molecule has 43 heavy (non-hydrogen) atoms. The Kier molecular flexibility index (Phi) is 10.9. The summed E-state index contributed by atoms with van der Waals surface area (Å²) in [5.41, 5.74) is 0.842. The summed E-state index contributed by atoms with van der Waals surface area (Å²) in [5, 5.41) is 3.38. The first kappa shape index (κ1) is 32.2. The number of anilines is 1. The summed E-state index contributed by atoms with van der Waals surface area (Å²) in [6.07, 6.45) is 4.21. The molecule has 0 bridgehead atoms.